The molecule has 9 heteroatoms. The minimum absolute atomic E-state index is 0.0125. The first-order valence-corrected chi connectivity index (χ1v) is 9.75. The van der Waals surface area contributed by atoms with Crippen molar-refractivity contribution in [3.63, 3.8) is 0 Å². The first kappa shape index (κ1) is 20.4. The van der Waals surface area contributed by atoms with Crippen LogP contribution in [0.3, 0.4) is 0 Å². The van der Waals surface area contributed by atoms with Crippen molar-refractivity contribution in [2.45, 2.75) is 26.7 Å². The molecule has 0 bridgehead atoms. The van der Waals surface area contributed by atoms with Crippen LogP contribution in [0.25, 0.3) is 22.5 Å². The monoisotopic (exact) mass is 421 g/mol. The predicted octanol–water partition coefficient (Wildman–Crippen LogP) is 4.10. The Morgan fingerprint density at radius 3 is 2.71 bits per heavy atom. The first-order chi connectivity index (χ1) is 14.9. The maximum absolute atomic E-state index is 13.1. The molecule has 158 valence electrons. The van der Waals surface area contributed by atoms with Crippen LogP contribution >= 0.6 is 0 Å². The quantitative estimate of drug-likeness (QED) is 0.482. The highest BCUT2D eigenvalue weighted by molar-refractivity contribution is 6.02. The molecule has 0 radical (unpaired) electrons. The van der Waals surface area contributed by atoms with E-state index in [2.05, 4.69) is 25.5 Å². The second kappa shape index (κ2) is 8.47. The number of fused-ring (bicyclic) bond motifs is 1. The van der Waals surface area contributed by atoms with Crippen molar-refractivity contribution in [2.75, 3.05) is 5.32 Å². The Labute approximate surface area is 177 Å². The lowest BCUT2D eigenvalue weighted by molar-refractivity contribution is -0.116. The van der Waals surface area contributed by atoms with Crippen molar-refractivity contribution in [3.05, 3.63) is 59.9 Å². The first-order valence-electron chi connectivity index (χ1n) is 9.75. The third kappa shape index (κ3) is 4.50. The fraction of sp³-hybridized carbons (Fsp3) is 0.227. The van der Waals surface area contributed by atoms with Gasteiger partial charge in [0, 0.05) is 18.0 Å². The second-order valence-corrected chi connectivity index (χ2v) is 7.51. The molecule has 0 aliphatic heterocycles. The fourth-order valence-electron chi connectivity index (χ4n) is 3.12. The van der Waals surface area contributed by atoms with Crippen LogP contribution in [-0.2, 0) is 11.2 Å². The van der Waals surface area contributed by atoms with Gasteiger partial charge in [0.1, 0.15) is 17.2 Å². The lowest BCUT2D eigenvalue weighted by Gasteiger charge is -2.11. The molecule has 0 saturated carbocycles. The molecule has 3 aromatic heterocycles. The largest absolute Gasteiger partial charge is 0.504 e. The zero-order valence-corrected chi connectivity index (χ0v) is 17.0. The topological polar surface area (TPSA) is 114 Å². The van der Waals surface area contributed by atoms with E-state index in [1.165, 1.54) is 18.3 Å². The minimum atomic E-state index is -0.334. The van der Waals surface area contributed by atoms with Crippen LogP contribution in [0.15, 0.2) is 47.0 Å². The zero-order chi connectivity index (χ0) is 22.0. The third-order valence-electron chi connectivity index (χ3n) is 4.52. The standard InChI is InChI=1S/C22H20FN5O3/c1-12(2)10-16(29)25-21-15-4-3-9-24-18(15)20(30)19(26-21)22-28-27-17(31-22)11-13-5-7-14(23)8-6-13/h3-9,12,30H,10-11H2,1-2H3,(H,25,26,29). The van der Waals surface area contributed by atoms with Gasteiger partial charge in [-0.2, -0.15) is 0 Å². The number of anilines is 1. The number of carbonyl (C=O) groups is 1. The van der Waals surface area contributed by atoms with Crippen molar-refractivity contribution in [1.29, 1.82) is 0 Å². The number of hydrogen-bond acceptors (Lipinski definition) is 7. The van der Waals surface area contributed by atoms with E-state index in [9.17, 15) is 14.3 Å². The van der Waals surface area contributed by atoms with E-state index in [0.717, 1.165) is 5.56 Å². The van der Waals surface area contributed by atoms with Crippen LogP contribution < -0.4 is 5.32 Å². The summed E-state index contributed by atoms with van der Waals surface area (Å²) in [5.74, 6) is -0.0809. The van der Waals surface area contributed by atoms with Crippen molar-refractivity contribution in [3.8, 4) is 17.3 Å². The van der Waals surface area contributed by atoms with E-state index in [4.69, 9.17) is 4.42 Å². The van der Waals surface area contributed by atoms with Gasteiger partial charge in [0.15, 0.2) is 11.4 Å². The Morgan fingerprint density at radius 2 is 1.97 bits per heavy atom. The van der Waals surface area contributed by atoms with E-state index < -0.39 is 0 Å². The minimum Gasteiger partial charge on any atom is -0.504 e. The Kier molecular flexibility index (Phi) is 5.57. The summed E-state index contributed by atoms with van der Waals surface area (Å²) >= 11 is 0. The Bertz CT molecular complexity index is 1240. The maximum atomic E-state index is 13.1. The SMILES string of the molecule is CC(C)CC(=O)Nc1nc(-c2nnc(Cc3ccc(F)cc3)o2)c(O)c2ncccc12. The summed E-state index contributed by atoms with van der Waals surface area (Å²) in [4.78, 5) is 20.9. The van der Waals surface area contributed by atoms with E-state index in [1.807, 2.05) is 13.8 Å². The van der Waals surface area contributed by atoms with Gasteiger partial charge in [0.2, 0.25) is 11.8 Å². The number of carbonyl (C=O) groups excluding carboxylic acids is 1. The lowest BCUT2D eigenvalue weighted by Crippen LogP contribution is -2.15. The normalized spacial score (nSPS) is 11.2. The van der Waals surface area contributed by atoms with Crippen molar-refractivity contribution in [2.24, 2.45) is 5.92 Å². The van der Waals surface area contributed by atoms with Crippen molar-refractivity contribution < 1.29 is 18.7 Å². The molecule has 0 atom stereocenters. The number of nitrogens with one attached hydrogen (secondary N) is 1. The average Bonchev–Trinajstić information content (AvgIpc) is 3.19. The number of nitrogens with zero attached hydrogens (tertiary/aromatic N) is 4. The third-order valence-corrected chi connectivity index (χ3v) is 4.52. The summed E-state index contributed by atoms with van der Waals surface area (Å²) < 4.78 is 18.8. The number of pyridine rings is 2. The Balaban J connectivity index is 1.70. The summed E-state index contributed by atoms with van der Waals surface area (Å²) in [7, 11) is 0. The Hall–Kier alpha value is -3.88. The van der Waals surface area contributed by atoms with Crippen LogP contribution in [0.1, 0.15) is 31.7 Å². The van der Waals surface area contributed by atoms with Crippen LogP contribution in [0.4, 0.5) is 10.2 Å². The molecule has 8 nitrogen and oxygen atoms in total. The van der Waals surface area contributed by atoms with Gasteiger partial charge in [-0.15, -0.1) is 10.2 Å². The lowest BCUT2D eigenvalue weighted by atomic mass is 10.1. The highest BCUT2D eigenvalue weighted by Crippen LogP contribution is 2.36. The summed E-state index contributed by atoms with van der Waals surface area (Å²) in [6.45, 7) is 3.88. The number of aromatic nitrogens is 4. The average molecular weight is 421 g/mol. The van der Waals surface area contributed by atoms with Crippen LogP contribution in [0.5, 0.6) is 5.75 Å². The van der Waals surface area contributed by atoms with Gasteiger partial charge in [-0.05, 0) is 35.7 Å². The molecule has 4 rings (SSSR count). The number of amides is 1. The van der Waals surface area contributed by atoms with E-state index in [0.29, 0.717) is 11.8 Å². The number of aromatic hydroxyl groups is 1. The van der Waals surface area contributed by atoms with Crippen LogP contribution in [-0.4, -0.2) is 31.2 Å². The molecule has 2 N–H and O–H groups in total. The van der Waals surface area contributed by atoms with E-state index in [-0.39, 0.29) is 58.6 Å². The van der Waals surface area contributed by atoms with Gasteiger partial charge in [-0.1, -0.05) is 26.0 Å². The molecule has 3 heterocycles. The van der Waals surface area contributed by atoms with Gasteiger partial charge >= 0.3 is 0 Å². The van der Waals surface area contributed by atoms with Crippen molar-refractivity contribution >= 4 is 22.6 Å². The summed E-state index contributed by atoms with van der Waals surface area (Å²) in [5, 5.41) is 22.0. The molecule has 1 aromatic carbocycles. The Morgan fingerprint density at radius 1 is 1.19 bits per heavy atom. The van der Waals surface area contributed by atoms with Crippen LogP contribution in [0, 0.1) is 11.7 Å². The molecule has 0 unspecified atom stereocenters. The molecule has 0 aliphatic rings. The van der Waals surface area contributed by atoms with Gasteiger partial charge in [0.05, 0.1) is 6.42 Å². The van der Waals surface area contributed by atoms with Gasteiger partial charge < -0.3 is 14.8 Å². The maximum Gasteiger partial charge on any atom is 0.270 e. The van der Waals surface area contributed by atoms with E-state index >= 15 is 0 Å². The highest BCUT2D eigenvalue weighted by atomic mass is 19.1. The molecule has 0 saturated heterocycles. The zero-order valence-electron chi connectivity index (χ0n) is 17.0. The fourth-order valence-corrected chi connectivity index (χ4v) is 3.12. The van der Waals surface area contributed by atoms with Gasteiger partial charge in [-0.25, -0.2) is 9.37 Å². The molecule has 0 spiro atoms. The molecule has 0 aliphatic carbocycles. The summed E-state index contributed by atoms with van der Waals surface area (Å²) in [5.41, 5.74) is 1.06. The summed E-state index contributed by atoms with van der Waals surface area (Å²) in [6.07, 6.45) is 2.14. The molecule has 1 amide bonds. The predicted molar refractivity (Wildman–Crippen MR) is 112 cm³/mol. The molecule has 31 heavy (non-hydrogen) atoms. The van der Waals surface area contributed by atoms with Gasteiger partial charge in [0.25, 0.3) is 5.89 Å². The smallest absolute Gasteiger partial charge is 0.270 e. The summed E-state index contributed by atoms with van der Waals surface area (Å²) in [6, 6.07) is 9.34. The number of halogens is 1. The molecule has 4 aromatic rings. The molecule has 0 fully saturated rings. The second-order valence-electron chi connectivity index (χ2n) is 7.51. The highest BCUT2D eigenvalue weighted by Gasteiger charge is 2.21. The number of rotatable bonds is 6. The molecular weight excluding hydrogens is 401 g/mol. The van der Waals surface area contributed by atoms with Gasteiger partial charge in [-0.3, -0.25) is 9.78 Å². The van der Waals surface area contributed by atoms with E-state index in [1.54, 1.807) is 24.3 Å². The number of benzene rings is 1. The molecular formula is C22H20FN5O3. The van der Waals surface area contributed by atoms with Crippen molar-refractivity contribution in [1.82, 2.24) is 20.2 Å². The number of hydrogen-bond donors (Lipinski definition) is 2. The van der Waals surface area contributed by atoms with Crippen LogP contribution in [0.2, 0.25) is 0 Å².